The molecule has 1 aromatic rings. The van der Waals surface area contributed by atoms with Gasteiger partial charge in [-0.2, -0.15) is 0 Å². The van der Waals surface area contributed by atoms with E-state index in [-0.39, 0.29) is 5.54 Å². The number of benzene rings is 1. The van der Waals surface area contributed by atoms with Crippen molar-refractivity contribution in [3.05, 3.63) is 29.3 Å². The highest BCUT2D eigenvalue weighted by molar-refractivity contribution is 8.00. The van der Waals surface area contributed by atoms with Crippen LogP contribution in [-0.2, 0) is 11.3 Å². The second-order valence-electron chi connectivity index (χ2n) is 6.72. The van der Waals surface area contributed by atoms with Crippen molar-refractivity contribution in [2.75, 3.05) is 6.61 Å². The minimum Gasteiger partial charge on any atom is -0.377 e. The van der Waals surface area contributed by atoms with Crippen LogP contribution >= 0.6 is 11.8 Å². The zero-order chi connectivity index (χ0) is 14.8. The molecule has 2 unspecified atom stereocenters. The molecule has 0 bridgehead atoms. The molecule has 1 aromatic carbocycles. The minimum absolute atomic E-state index is 0.165. The third-order valence-electron chi connectivity index (χ3n) is 3.65. The van der Waals surface area contributed by atoms with Gasteiger partial charge in [0.1, 0.15) is 0 Å². The van der Waals surface area contributed by atoms with E-state index >= 15 is 0 Å². The van der Waals surface area contributed by atoms with Gasteiger partial charge in [-0.1, -0.05) is 12.1 Å². The molecule has 1 N–H and O–H groups in total. The number of nitrogens with one attached hydrogen (secondary N) is 1. The smallest absolute Gasteiger partial charge is 0.0669 e. The van der Waals surface area contributed by atoms with Crippen molar-refractivity contribution in [1.29, 1.82) is 0 Å². The Balaban J connectivity index is 1.98. The summed E-state index contributed by atoms with van der Waals surface area (Å²) in [6, 6.07) is 6.82. The molecule has 0 amide bonds. The lowest BCUT2D eigenvalue weighted by Crippen LogP contribution is -2.35. The first-order chi connectivity index (χ1) is 9.35. The molecule has 3 heteroatoms. The summed E-state index contributed by atoms with van der Waals surface area (Å²) < 4.78 is 5.65. The van der Waals surface area contributed by atoms with Crippen LogP contribution in [0, 0.1) is 6.92 Å². The third kappa shape index (κ3) is 4.51. The summed E-state index contributed by atoms with van der Waals surface area (Å²) >= 11 is 1.97. The molecule has 1 fully saturated rings. The fourth-order valence-electron chi connectivity index (χ4n) is 2.35. The number of ether oxygens (including phenoxy) is 1. The van der Waals surface area contributed by atoms with Crippen molar-refractivity contribution < 1.29 is 4.74 Å². The maximum Gasteiger partial charge on any atom is 0.0669 e. The first kappa shape index (κ1) is 15.9. The summed E-state index contributed by atoms with van der Waals surface area (Å²) in [5, 5.41) is 4.14. The molecule has 1 saturated heterocycles. The van der Waals surface area contributed by atoms with E-state index in [4.69, 9.17) is 4.74 Å². The Bertz CT molecular complexity index is 453. The highest BCUT2D eigenvalue weighted by Gasteiger charge is 2.25. The SMILES string of the molecule is Cc1cc(CNC(C)(C)C)ccc1SC1CCOC1C. The van der Waals surface area contributed by atoms with Crippen molar-refractivity contribution in [3.63, 3.8) is 0 Å². The third-order valence-corrected chi connectivity index (χ3v) is 5.28. The Morgan fingerprint density at radius 2 is 2.10 bits per heavy atom. The molecule has 0 aromatic heterocycles. The predicted octanol–water partition coefficient (Wildman–Crippen LogP) is 4.15. The second kappa shape index (κ2) is 6.50. The fourth-order valence-corrected chi connectivity index (χ4v) is 3.55. The molecule has 2 nitrogen and oxygen atoms in total. The molecule has 0 aliphatic carbocycles. The van der Waals surface area contributed by atoms with Crippen molar-refractivity contribution in [2.45, 2.75) is 69.4 Å². The Morgan fingerprint density at radius 1 is 1.35 bits per heavy atom. The minimum atomic E-state index is 0.165. The van der Waals surface area contributed by atoms with Crippen LogP contribution in [0.5, 0.6) is 0 Å². The van der Waals surface area contributed by atoms with Crippen LogP contribution in [0.3, 0.4) is 0 Å². The van der Waals surface area contributed by atoms with E-state index in [1.54, 1.807) is 0 Å². The standard InChI is InChI=1S/C17H27NOS/c1-12-10-14(11-18-17(3,4)5)6-7-15(12)20-16-8-9-19-13(16)2/h6-7,10,13,16,18H,8-9,11H2,1-5H3. The zero-order valence-electron chi connectivity index (χ0n) is 13.3. The first-order valence-corrected chi connectivity index (χ1v) is 8.36. The van der Waals surface area contributed by atoms with E-state index in [0.29, 0.717) is 11.4 Å². The van der Waals surface area contributed by atoms with Gasteiger partial charge in [-0.3, -0.25) is 0 Å². The highest BCUT2D eigenvalue weighted by atomic mass is 32.2. The van der Waals surface area contributed by atoms with Gasteiger partial charge < -0.3 is 10.1 Å². The van der Waals surface area contributed by atoms with Crippen molar-refractivity contribution in [3.8, 4) is 0 Å². The molecule has 0 spiro atoms. The topological polar surface area (TPSA) is 21.3 Å². The fraction of sp³-hybridized carbons (Fsp3) is 0.647. The molecule has 1 heterocycles. The second-order valence-corrected chi connectivity index (χ2v) is 8.01. The highest BCUT2D eigenvalue weighted by Crippen LogP contribution is 2.34. The van der Waals surface area contributed by atoms with Crippen LogP contribution in [0.15, 0.2) is 23.1 Å². The summed E-state index contributed by atoms with van der Waals surface area (Å²) in [7, 11) is 0. The molecule has 0 saturated carbocycles. The summed E-state index contributed by atoms with van der Waals surface area (Å²) in [5.74, 6) is 0. The number of hydrogen-bond donors (Lipinski definition) is 1. The summed E-state index contributed by atoms with van der Waals surface area (Å²) in [6.45, 7) is 12.8. The van der Waals surface area contributed by atoms with Crippen LogP contribution in [0.4, 0.5) is 0 Å². The van der Waals surface area contributed by atoms with Crippen LogP contribution in [-0.4, -0.2) is 23.5 Å². The van der Waals surface area contributed by atoms with Gasteiger partial charge in [0.2, 0.25) is 0 Å². The van der Waals surface area contributed by atoms with Gasteiger partial charge in [-0.25, -0.2) is 0 Å². The molecule has 112 valence electrons. The maximum absolute atomic E-state index is 5.65. The molecule has 1 aliphatic rings. The van der Waals surface area contributed by atoms with E-state index in [0.717, 1.165) is 13.2 Å². The Morgan fingerprint density at radius 3 is 2.65 bits per heavy atom. The molecule has 2 rings (SSSR count). The lowest BCUT2D eigenvalue weighted by molar-refractivity contribution is 0.127. The van der Waals surface area contributed by atoms with Gasteiger partial charge in [0.25, 0.3) is 0 Å². The number of aryl methyl sites for hydroxylation is 1. The maximum atomic E-state index is 5.65. The van der Waals surface area contributed by atoms with Gasteiger partial charge in [-0.15, -0.1) is 11.8 Å². The predicted molar refractivity (Wildman–Crippen MR) is 87.4 cm³/mol. The lowest BCUT2D eigenvalue weighted by atomic mass is 10.1. The quantitative estimate of drug-likeness (QED) is 0.901. The largest absolute Gasteiger partial charge is 0.377 e. The van der Waals surface area contributed by atoms with Gasteiger partial charge in [0, 0.05) is 28.8 Å². The van der Waals surface area contributed by atoms with Gasteiger partial charge in [0.15, 0.2) is 0 Å². The molecule has 0 radical (unpaired) electrons. The molecular weight excluding hydrogens is 266 g/mol. The van der Waals surface area contributed by atoms with Crippen molar-refractivity contribution in [2.24, 2.45) is 0 Å². The lowest BCUT2D eigenvalue weighted by Gasteiger charge is -2.21. The van der Waals surface area contributed by atoms with Crippen molar-refractivity contribution in [1.82, 2.24) is 5.32 Å². The summed E-state index contributed by atoms with van der Waals surface area (Å²) in [4.78, 5) is 1.40. The summed E-state index contributed by atoms with van der Waals surface area (Å²) in [5.41, 5.74) is 2.90. The van der Waals surface area contributed by atoms with Crippen LogP contribution < -0.4 is 5.32 Å². The van der Waals surface area contributed by atoms with E-state index < -0.39 is 0 Å². The molecule has 2 atom stereocenters. The molecular formula is C17H27NOS. The van der Waals surface area contributed by atoms with Crippen molar-refractivity contribution >= 4 is 11.8 Å². The van der Waals surface area contributed by atoms with E-state index in [1.807, 2.05) is 11.8 Å². The van der Waals surface area contributed by atoms with E-state index in [1.165, 1.54) is 22.4 Å². The Kier molecular flexibility index (Phi) is 5.16. The van der Waals surface area contributed by atoms with E-state index in [9.17, 15) is 0 Å². The van der Waals surface area contributed by atoms with Crippen LogP contribution in [0.2, 0.25) is 0 Å². The molecule has 20 heavy (non-hydrogen) atoms. The number of thioether (sulfide) groups is 1. The van der Waals surface area contributed by atoms with E-state index in [2.05, 4.69) is 58.1 Å². The zero-order valence-corrected chi connectivity index (χ0v) is 14.1. The normalized spacial score (nSPS) is 23.2. The molecule has 1 aliphatic heterocycles. The van der Waals surface area contributed by atoms with Gasteiger partial charge in [0.05, 0.1) is 6.10 Å². The summed E-state index contributed by atoms with van der Waals surface area (Å²) in [6.07, 6.45) is 1.54. The average Bonchev–Trinajstić information content (AvgIpc) is 2.75. The first-order valence-electron chi connectivity index (χ1n) is 7.48. The van der Waals surface area contributed by atoms with Crippen LogP contribution in [0.1, 0.15) is 45.2 Å². The monoisotopic (exact) mass is 293 g/mol. The van der Waals surface area contributed by atoms with Crippen LogP contribution in [0.25, 0.3) is 0 Å². The Hall–Kier alpha value is -0.510. The van der Waals surface area contributed by atoms with Gasteiger partial charge in [-0.05, 0) is 58.2 Å². The van der Waals surface area contributed by atoms with Gasteiger partial charge >= 0.3 is 0 Å². The number of hydrogen-bond acceptors (Lipinski definition) is 3. The average molecular weight is 293 g/mol. The Labute approximate surface area is 127 Å². The number of rotatable bonds is 4.